The Kier molecular flexibility index (Phi) is 4.48. The maximum absolute atomic E-state index is 6.07. The standard InChI is InChI=1S/C15H15Cl2N3S/c16-12-2-1-3-13(17)11(12)8-18-20-15(21)19-14-7-9-4-5-10(14)6-9/h1-5,8-10,14H,6-7H2,(H2,19,20,21)/b18-8+. The number of fused-ring (bicyclic) bond motifs is 2. The van der Waals surface area contributed by atoms with E-state index < -0.39 is 0 Å². The van der Waals surface area contributed by atoms with Crippen molar-refractivity contribution in [2.45, 2.75) is 18.9 Å². The summed E-state index contributed by atoms with van der Waals surface area (Å²) < 4.78 is 0. The average Bonchev–Trinajstić information content (AvgIpc) is 3.04. The highest BCUT2D eigenvalue weighted by Gasteiger charge is 2.35. The van der Waals surface area contributed by atoms with Gasteiger partial charge in [-0.25, -0.2) is 0 Å². The zero-order valence-electron chi connectivity index (χ0n) is 11.2. The van der Waals surface area contributed by atoms with E-state index in [2.05, 4.69) is 28.0 Å². The number of thiocarbonyl (C=S) groups is 1. The lowest BCUT2D eigenvalue weighted by Gasteiger charge is -2.20. The lowest BCUT2D eigenvalue weighted by atomic mass is 10.0. The first-order valence-electron chi connectivity index (χ1n) is 6.85. The second kappa shape index (κ2) is 6.34. The molecule has 3 atom stereocenters. The normalized spacial score (nSPS) is 26.5. The summed E-state index contributed by atoms with van der Waals surface area (Å²) in [6.45, 7) is 0. The monoisotopic (exact) mass is 339 g/mol. The average molecular weight is 340 g/mol. The summed E-state index contributed by atoms with van der Waals surface area (Å²) in [7, 11) is 0. The van der Waals surface area contributed by atoms with Crippen molar-refractivity contribution >= 4 is 46.7 Å². The van der Waals surface area contributed by atoms with Gasteiger partial charge in [-0.2, -0.15) is 5.10 Å². The van der Waals surface area contributed by atoms with Gasteiger partial charge in [0.1, 0.15) is 0 Å². The highest BCUT2D eigenvalue weighted by atomic mass is 35.5. The maximum atomic E-state index is 6.07. The molecule has 6 heteroatoms. The number of rotatable bonds is 3. The van der Waals surface area contributed by atoms with Crippen LogP contribution in [0, 0.1) is 11.8 Å². The minimum absolute atomic E-state index is 0.416. The number of benzene rings is 1. The molecule has 1 aromatic rings. The molecule has 2 aliphatic rings. The Morgan fingerprint density at radius 3 is 2.62 bits per heavy atom. The molecule has 0 aliphatic heterocycles. The predicted molar refractivity (Wildman–Crippen MR) is 92.1 cm³/mol. The van der Waals surface area contributed by atoms with Gasteiger partial charge in [0, 0.05) is 11.6 Å². The van der Waals surface area contributed by atoms with E-state index in [-0.39, 0.29) is 0 Å². The van der Waals surface area contributed by atoms with Crippen molar-refractivity contribution in [2.24, 2.45) is 16.9 Å². The van der Waals surface area contributed by atoms with Crippen LogP contribution in [-0.2, 0) is 0 Å². The summed E-state index contributed by atoms with van der Waals surface area (Å²) in [5, 5.41) is 9.07. The number of nitrogens with one attached hydrogen (secondary N) is 2. The molecule has 3 nitrogen and oxygen atoms in total. The molecule has 2 N–H and O–H groups in total. The van der Waals surface area contributed by atoms with E-state index in [0.29, 0.717) is 38.6 Å². The summed E-state index contributed by atoms with van der Waals surface area (Å²) in [5.41, 5.74) is 3.50. The van der Waals surface area contributed by atoms with Crippen molar-refractivity contribution in [2.75, 3.05) is 0 Å². The van der Waals surface area contributed by atoms with Crippen molar-refractivity contribution in [3.05, 3.63) is 46.0 Å². The first-order valence-corrected chi connectivity index (χ1v) is 8.02. The Bertz CT molecular complexity index is 595. The summed E-state index contributed by atoms with van der Waals surface area (Å²) in [6.07, 6.45) is 8.54. The van der Waals surface area contributed by atoms with Crippen molar-refractivity contribution in [1.29, 1.82) is 0 Å². The summed E-state index contributed by atoms with van der Waals surface area (Å²) >= 11 is 17.4. The molecule has 3 rings (SSSR count). The molecule has 0 amide bonds. The van der Waals surface area contributed by atoms with Gasteiger partial charge < -0.3 is 5.32 Å². The molecule has 1 aromatic carbocycles. The van der Waals surface area contributed by atoms with E-state index in [1.807, 2.05) is 0 Å². The van der Waals surface area contributed by atoms with Crippen LogP contribution in [0.1, 0.15) is 18.4 Å². The second-order valence-electron chi connectivity index (χ2n) is 5.37. The number of hydrogen-bond donors (Lipinski definition) is 2. The number of halogens is 2. The molecule has 1 saturated carbocycles. The van der Waals surface area contributed by atoms with Crippen LogP contribution in [-0.4, -0.2) is 17.4 Å². The molecule has 1 fully saturated rings. The van der Waals surface area contributed by atoms with Gasteiger partial charge >= 0.3 is 0 Å². The third-order valence-electron chi connectivity index (χ3n) is 3.95. The fourth-order valence-electron chi connectivity index (χ4n) is 2.94. The highest BCUT2D eigenvalue weighted by molar-refractivity contribution is 7.80. The second-order valence-corrected chi connectivity index (χ2v) is 6.59. The largest absolute Gasteiger partial charge is 0.358 e. The van der Waals surface area contributed by atoms with Gasteiger partial charge in [-0.05, 0) is 49.0 Å². The molecule has 110 valence electrons. The summed E-state index contributed by atoms with van der Waals surface area (Å²) in [4.78, 5) is 0. The van der Waals surface area contributed by atoms with Gasteiger partial charge in [0.15, 0.2) is 5.11 Å². The fraction of sp³-hybridized carbons (Fsp3) is 0.333. The van der Waals surface area contributed by atoms with Gasteiger partial charge in [0.05, 0.1) is 16.3 Å². The molecule has 0 radical (unpaired) electrons. The first kappa shape index (κ1) is 14.8. The molecule has 2 bridgehead atoms. The first-order chi connectivity index (χ1) is 10.1. The van der Waals surface area contributed by atoms with Crippen LogP contribution >= 0.6 is 35.4 Å². The smallest absolute Gasteiger partial charge is 0.187 e. The van der Waals surface area contributed by atoms with E-state index in [0.717, 1.165) is 6.42 Å². The zero-order chi connectivity index (χ0) is 14.8. The van der Waals surface area contributed by atoms with Crippen LogP contribution in [0.2, 0.25) is 10.0 Å². The number of allylic oxidation sites excluding steroid dienone is 1. The van der Waals surface area contributed by atoms with E-state index >= 15 is 0 Å². The topological polar surface area (TPSA) is 36.4 Å². The molecule has 0 spiro atoms. The molecular formula is C15H15Cl2N3S. The molecule has 0 saturated heterocycles. The van der Waals surface area contributed by atoms with Gasteiger partial charge in [0.2, 0.25) is 0 Å². The molecule has 3 unspecified atom stereocenters. The number of nitrogens with zero attached hydrogens (tertiary/aromatic N) is 1. The Labute approximate surface area is 139 Å². The lowest BCUT2D eigenvalue weighted by molar-refractivity contribution is 0.521. The van der Waals surface area contributed by atoms with Crippen LogP contribution < -0.4 is 10.7 Å². The van der Waals surface area contributed by atoms with Crippen LogP contribution in [0.25, 0.3) is 0 Å². The molecule has 21 heavy (non-hydrogen) atoms. The minimum atomic E-state index is 0.416. The third kappa shape index (κ3) is 3.39. The lowest BCUT2D eigenvalue weighted by Crippen LogP contribution is -2.42. The predicted octanol–water partition coefficient (Wildman–Crippen LogP) is 3.76. The van der Waals surface area contributed by atoms with Crippen LogP contribution in [0.15, 0.2) is 35.5 Å². The Morgan fingerprint density at radius 1 is 1.24 bits per heavy atom. The van der Waals surface area contributed by atoms with E-state index in [1.165, 1.54) is 6.42 Å². The summed E-state index contributed by atoms with van der Waals surface area (Å²) in [5.74, 6) is 1.30. The van der Waals surface area contributed by atoms with Crippen LogP contribution in [0.3, 0.4) is 0 Å². The molecular weight excluding hydrogens is 325 g/mol. The quantitative estimate of drug-likeness (QED) is 0.381. The van der Waals surface area contributed by atoms with Crippen molar-refractivity contribution in [3.8, 4) is 0 Å². The Morgan fingerprint density at radius 2 is 2.00 bits per heavy atom. The van der Waals surface area contributed by atoms with Gasteiger partial charge in [-0.1, -0.05) is 41.4 Å². The maximum Gasteiger partial charge on any atom is 0.187 e. The molecule has 0 heterocycles. The third-order valence-corrected chi connectivity index (χ3v) is 4.82. The van der Waals surface area contributed by atoms with Crippen LogP contribution in [0.5, 0.6) is 0 Å². The SMILES string of the molecule is S=C(N/N=C/c1c(Cl)cccc1Cl)NC1CC2C=CC1C2. The fourth-order valence-corrected chi connectivity index (χ4v) is 3.64. The van der Waals surface area contributed by atoms with Gasteiger partial charge in [0.25, 0.3) is 0 Å². The zero-order valence-corrected chi connectivity index (χ0v) is 13.6. The van der Waals surface area contributed by atoms with Crippen molar-refractivity contribution < 1.29 is 0 Å². The van der Waals surface area contributed by atoms with Gasteiger partial charge in [-0.15, -0.1) is 0 Å². The van der Waals surface area contributed by atoms with Crippen LogP contribution in [0.4, 0.5) is 0 Å². The highest BCUT2D eigenvalue weighted by Crippen LogP contribution is 2.38. The number of hydrazone groups is 1. The Hall–Kier alpha value is -1.10. The van der Waals surface area contributed by atoms with E-state index in [4.69, 9.17) is 35.4 Å². The van der Waals surface area contributed by atoms with Crippen molar-refractivity contribution in [1.82, 2.24) is 10.7 Å². The number of hydrogen-bond acceptors (Lipinski definition) is 2. The van der Waals surface area contributed by atoms with Crippen molar-refractivity contribution in [3.63, 3.8) is 0 Å². The van der Waals surface area contributed by atoms with E-state index in [1.54, 1.807) is 24.4 Å². The van der Waals surface area contributed by atoms with Gasteiger partial charge in [-0.3, -0.25) is 5.43 Å². The minimum Gasteiger partial charge on any atom is -0.358 e. The molecule has 0 aromatic heterocycles. The summed E-state index contributed by atoms with van der Waals surface area (Å²) in [6, 6.07) is 5.75. The van der Waals surface area contributed by atoms with E-state index in [9.17, 15) is 0 Å². The molecule has 2 aliphatic carbocycles. The Balaban J connectivity index is 1.54.